The molecule has 0 amide bonds. The van der Waals surface area contributed by atoms with Crippen LogP contribution in [0.2, 0.25) is 0 Å². The second-order valence-corrected chi connectivity index (χ2v) is 16.7. The molecule has 12 rings (SSSR count). The van der Waals surface area contributed by atoms with Gasteiger partial charge in [-0.05, 0) is 95.4 Å². The van der Waals surface area contributed by atoms with E-state index in [9.17, 15) is 0 Å². The molecule has 0 atom stereocenters. The fourth-order valence-corrected chi connectivity index (χ4v) is 10.4. The molecule has 2 aliphatic rings. The molecule has 0 N–H and O–H groups in total. The molecule has 3 heteroatoms. The Balaban J connectivity index is 1.01. The molecule has 10 aromatic rings. The van der Waals surface area contributed by atoms with E-state index in [2.05, 4.69) is 196 Å². The summed E-state index contributed by atoms with van der Waals surface area (Å²) in [5.41, 5.74) is 15.2. The number of hydrogen-bond donors (Lipinski definition) is 0. The minimum atomic E-state index is -0.417. The second kappa shape index (κ2) is 13.0. The Kier molecular flexibility index (Phi) is 7.49. The zero-order valence-electron chi connectivity index (χ0n) is 33.4. The van der Waals surface area contributed by atoms with E-state index in [-0.39, 0.29) is 5.41 Å². The number of aromatic nitrogens is 3. The van der Waals surface area contributed by atoms with Gasteiger partial charge in [-0.3, -0.25) is 0 Å². The summed E-state index contributed by atoms with van der Waals surface area (Å²) in [5, 5.41) is 4.83. The summed E-state index contributed by atoms with van der Waals surface area (Å²) in [4.78, 5) is 15.4. The second-order valence-electron chi connectivity index (χ2n) is 16.7. The Hall–Kier alpha value is -7.49. The molecule has 0 radical (unpaired) electrons. The van der Waals surface area contributed by atoms with Crippen LogP contribution in [0.25, 0.3) is 78.0 Å². The van der Waals surface area contributed by atoms with Gasteiger partial charge in [0.15, 0.2) is 17.5 Å². The lowest BCUT2D eigenvalue weighted by Crippen LogP contribution is -2.40. The number of hydrogen-bond acceptors (Lipinski definition) is 3. The van der Waals surface area contributed by atoms with Crippen molar-refractivity contribution in [2.45, 2.75) is 24.7 Å². The standard InChI is InChI=1S/C57H39N3/c1-56(2)49-25-12-13-26-50(49)57(47-23-10-8-21-45(47)46-22-9-11-24-48(46)57)51-32-30-39(35-52(51)56)38-18-14-19-41(33-38)54-58-53(37-16-4-3-5-17-37)59-55(60-54)42-29-31-44-40(34-42)28-27-36-15-6-7-20-43(36)44/h3-35H,1-2H3. The van der Waals surface area contributed by atoms with Gasteiger partial charge in [-0.15, -0.1) is 0 Å². The van der Waals surface area contributed by atoms with Crippen LogP contribution in [0, 0.1) is 0 Å². The number of nitrogens with zero attached hydrogens (tertiary/aromatic N) is 3. The molecule has 0 saturated carbocycles. The van der Waals surface area contributed by atoms with Gasteiger partial charge in [0.05, 0.1) is 5.41 Å². The third kappa shape index (κ3) is 4.99. The van der Waals surface area contributed by atoms with Crippen molar-refractivity contribution in [2.75, 3.05) is 0 Å². The maximum absolute atomic E-state index is 5.19. The van der Waals surface area contributed by atoms with Crippen LogP contribution in [0.4, 0.5) is 0 Å². The Morgan fingerprint density at radius 3 is 1.55 bits per heavy atom. The van der Waals surface area contributed by atoms with Crippen LogP contribution in [0.15, 0.2) is 200 Å². The molecule has 2 aliphatic carbocycles. The Morgan fingerprint density at radius 2 is 0.800 bits per heavy atom. The molecule has 9 aromatic carbocycles. The lowest BCUT2D eigenvalue weighted by atomic mass is 9.55. The van der Waals surface area contributed by atoms with E-state index < -0.39 is 5.41 Å². The lowest BCUT2D eigenvalue weighted by molar-refractivity contribution is 0.563. The molecule has 1 spiro atoms. The average molecular weight is 766 g/mol. The lowest BCUT2D eigenvalue weighted by Gasteiger charge is -2.46. The van der Waals surface area contributed by atoms with E-state index in [0.29, 0.717) is 17.5 Å². The molecule has 1 aromatic heterocycles. The predicted octanol–water partition coefficient (Wildman–Crippen LogP) is 13.8. The van der Waals surface area contributed by atoms with Gasteiger partial charge in [-0.2, -0.15) is 0 Å². The molecular formula is C57H39N3. The predicted molar refractivity (Wildman–Crippen MR) is 246 cm³/mol. The first kappa shape index (κ1) is 34.5. The molecule has 0 saturated heterocycles. The Labute approximate surface area is 349 Å². The number of fused-ring (bicyclic) bond motifs is 12. The first-order valence-corrected chi connectivity index (χ1v) is 20.8. The van der Waals surface area contributed by atoms with Crippen LogP contribution in [0.5, 0.6) is 0 Å². The van der Waals surface area contributed by atoms with Crippen molar-refractivity contribution in [1.29, 1.82) is 0 Å². The summed E-state index contributed by atoms with van der Waals surface area (Å²) in [6, 6.07) is 72.7. The van der Waals surface area contributed by atoms with Gasteiger partial charge in [-0.25, -0.2) is 15.0 Å². The topological polar surface area (TPSA) is 38.7 Å². The van der Waals surface area contributed by atoms with Gasteiger partial charge in [-0.1, -0.05) is 196 Å². The molecule has 1 heterocycles. The van der Waals surface area contributed by atoms with Crippen molar-refractivity contribution in [3.63, 3.8) is 0 Å². The number of benzene rings is 9. The third-order valence-electron chi connectivity index (χ3n) is 13.2. The highest BCUT2D eigenvalue weighted by molar-refractivity contribution is 6.08. The van der Waals surface area contributed by atoms with Crippen molar-refractivity contribution in [3.8, 4) is 56.4 Å². The smallest absolute Gasteiger partial charge is 0.164 e. The van der Waals surface area contributed by atoms with Gasteiger partial charge >= 0.3 is 0 Å². The minimum absolute atomic E-state index is 0.239. The van der Waals surface area contributed by atoms with Crippen LogP contribution in [0.3, 0.4) is 0 Å². The van der Waals surface area contributed by atoms with E-state index in [1.54, 1.807) is 0 Å². The summed E-state index contributed by atoms with van der Waals surface area (Å²) < 4.78 is 0. The van der Waals surface area contributed by atoms with Gasteiger partial charge in [0.25, 0.3) is 0 Å². The highest BCUT2D eigenvalue weighted by atomic mass is 15.0. The van der Waals surface area contributed by atoms with E-state index in [1.165, 1.54) is 60.7 Å². The highest BCUT2D eigenvalue weighted by Crippen LogP contribution is 2.62. The van der Waals surface area contributed by atoms with Crippen LogP contribution in [0.1, 0.15) is 47.2 Å². The van der Waals surface area contributed by atoms with Crippen LogP contribution in [-0.2, 0) is 10.8 Å². The van der Waals surface area contributed by atoms with E-state index in [1.807, 2.05) is 18.2 Å². The van der Waals surface area contributed by atoms with Gasteiger partial charge in [0.2, 0.25) is 0 Å². The Morgan fingerprint density at radius 1 is 0.300 bits per heavy atom. The zero-order valence-corrected chi connectivity index (χ0v) is 33.4. The van der Waals surface area contributed by atoms with Crippen molar-refractivity contribution < 1.29 is 0 Å². The van der Waals surface area contributed by atoms with Gasteiger partial charge in [0, 0.05) is 22.1 Å². The highest BCUT2D eigenvalue weighted by Gasteiger charge is 2.53. The normalized spacial score (nSPS) is 14.1. The average Bonchev–Trinajstić information content (AvgIpc) is 3.61. The third-order valence-corrected chi connectivity index (χ3v) is 13.2. The molecule has 60 heavy (non-hydrogen) atoms. The van der Waals surface area contributed by atoms with E-state index in [4.69, 9.17) is 15.0 Å². The first-order valence-electron chi connectivity index (χ1n) is 20.8. The fourth-order valence-electron chi connectivity index (χ4n) is 10.4. The van der Waals surface area contributed by atoms with Crippen molar-refractivity contribution >= 4 is 21.5 Å². The monoisotopic (exact) mass is 765 g/mol. The molecule has 282 valence electrons. The summed E-state index contributed by atoms with van der Waals surface area (Å²) in [7, 11) is 0. The summed E-state index contributed by atoms with van der Waals surface area (Å²) in [5.74, 6) is 1.94. The van der Waals surface area contributed by atoms with E-state index in [0.717, 1.165) is 33.2 Å². The Bertz CT molecular complexity index is 3320. The molecule has 0 fully saturated rings. The van der Waals surface area contributed by atoms with Crippen LogP contribution >= 0.6 is 0 Å². The zero-order chi connectivity index (χ0) is 40.0. The number of rotatable bonds is 4. The first-order chi connectivity index (χ1) is 29.5. The largest absolute Gasteiger partial charge is 0.208 e. The molecule has 0 bridgehead atoms. The van der Waals surface area contributed by atoms with Crippen LogP contribution < -0.4 is 0 Å². The molecule has 3 nitrogen and oxygen atoms in total. The van der Waals surface area contributed by atoms with E-state index >= 15 is 0 Å². The summed E-state index contributed by atoms with van der Waals surface area (Å²) >= 11 is 0. The molecule has 0 unspecified atom stereocenters. The van der Waals surface area contributed by atoms with Crippen LogP contribution in [-0.4, -0.2) is 15.0 Å². The summed E-state index contributed by atoms with van der Waals surface area (Å²) in [6.45, 7) is 4.77. The van der Waals surface area contributed by atoms with Crippen molar-refractivity contribution in [2.24, 2.45) is 0 Å². The quantitative estimate of drug-likeness (QED) is 0.168. The maximum atomic E-state index is 5.19. The van der Waals surface area contributed by atoms with Crippen molar-refractivity contribution in [3.05, 3.63) is 234 Å². The van der Waals surface area contributed by atoms with Gasteiger partial charge in [0.1, 0.15) is 0 Å². The fraction of sp³-hybridized carbons (Fsp3) is 0.0702. The van der Waals surface area contributed by atoms with Crippen molar-refractivity contribution in [1.82, 2.24) is 15.0 Å². The summed E-state index contributed by atoms with van der Waals surface area (Å²) in [6.07, 6.45) is 0. The molecule has 0 aliphatic heterocycles. The molecular weight excluding hydrogens is 727 g/mol. The minimum Gasteiger partial charge on any atom is -0.208 e. The van der Waals surface area contributed by atoms with Gasteiger partial charge < -0.3 is 0 Å². The maximum Gasteiger partial charge on any atom is 0.164 e. The SMILES string of the molecule is CC1(C)c2ccccc2C2(c3ccccc3-c3ccccc32)c2ccc(-c3cccc(-c4nc(-c5ccccc5)nc(-c5ccc6c(ccc7ccccc76)c5)n4)c3)cc21.